The van der Waals surface area contributed by atoms with Crippen LogP contribution in [0, 0.1) is 0 Å². The first-order valence-electron chi connectivity index (χ1n) is 3.02. The normalized spacial score (nSPS) is 10.3. The third kappa shape index (κ3) is 0.779. The summed E-state index contributed by atoms with van der Waals surface area (Å²) in [5, 5.41) is 14.1. The van der Waals surface area contributed by atoms with Crippen LogP contribution in [0.5, 0.6) is 0 Å². The lowest BCUT2D eigenvalue weighted by Crippen LogP contribution is -2.09. The maximum atomic E-state index is 5.43. The van der Waals surface area contributed by atoms with Crippen molar-refractivity contribution >= 4 is 5.82 Å². The monoisotopic (exact) mass is 167 g/mol. The van der Waals surface area contributed by atoms with Crippen molar-refractivity contribution in [2.24, 2.45) is 0 Å². The Balaban J connectivity index is 2.57. The third-order valence-corrected chi connectivity index (χ3v) is 1.30. The molecule has 2 rings (SSSR count). The van der Waals surface area contributed by atoms with Crippen LogP contribution in [-0.2, 0) is 0 Å². The minimum atomic E-state index is 0.134. The van der Waals surface area contributed by atoms with Gasteiger partial charge in [0.25, 0.3) is 0 Å². The van der Waals surface area contributed by atoms with E-state index in [1.54, 1.807) is 0 Å². The molecule has 0 unspecified atom stereocenters. The van der Waals surface area contributed by atoms with Gasteiger partial charge in [0.2, 0.25) is 5.82 Å². The number of hydrogen-bond acceptors (Lipinski definition) is 7. The number of nitrogens with zero attached hydrogens (tertiary/aromatic N) is 5. The fourth-order valence-corrected chi connectivity index (χ4v) is 0.763. The molecular formula is C4H5N7O. The standard InChI is InChI=1S/C4H5N7O/c5-3-2(9-12-10-3)4-8-7-1-11(4)6/h1H,6H2,(H2,5,10). The first-order valence-corrected chi connectivity index (χ1v) is 3.02. The number of nitrogen functional groups attached to an aromatic ring is 2. The molecule has 0 saturated heterocycles. The second-order valence-electron chi connectivity index (χ2n) is 2.06. The first-order chi connectivity index (χ1) is 5.79. The molecule has 62 valence electrons. The second-order valence-corrected chi connectivity index (χ2v) is 2.06. The van der Waals surface area contributed by atoms with Crippen LogP contribution < -0.4 is 11.6 Å². The molecular weight excluding hydrogens is 162 g/mol. The van der Waals surface area contributed by atoms with Gasteiger partial charge < -0.3 is 11.6 Å². The van der Waals surface area contributed by atoms with Crippen LogP contribution in [0.4, 0.5) is 5.82 Å². The Kier molecular flexibility index (Phi) is 1.20. The van der Waals surface area contributed by atoms with Crippen molar-refractivity contribution in [1.82, 2.24) is 25.2 Å². The zero-order valence-electron chi connectivity index (χ0n) is 5.88. The molecule has 0 atom stereocenters. The lowest BCUT2D eigenvalue weighted by atomic mass is 10.4. The molecule has 0 aliphatic carbocycles. The van der Waals surface area contributed by atoms with Gasteiger partial charge in [0.05, 0.1) is 0 Å². The Morgan fingerprint density at radius 2 is 2.25 bits per heavy atom. The molecule has 2 aromatic heterocycles. The number of rotatable bonds is 1. The van der Waals surface area contributed by atoms with Gasteiger partial charge in [0.1, 0.15) is 6.33 Å². The van der Waals surface area contributed by atoms with Gasteiger partial charge in [-0.25, -0.2) is 9.31 Å². The van der Waals surface area contributed by atoms with Gasteiger partial charge in [-0.1, -0.05) is 0 Å². The average molecular weight is 167 g/mol. The average Bonchev–Trinajstić information content (AvgIpc) is 2.59. The third-order valence-electron chi connectivity index (χ3n) is 1.30. The van der Waals surface area contributed by atoms with Crippen molar-refractivity contribution in [3.05, 3.63) is 6.33 Å². The summed E-state index contributed by atoms with van der Waals surface area (Å²) >= 11 is 0. The largest absolute Gasteiger partial charge is 0.379 e. The molecule has 0 aromatic carbocycles. The van der Waals surface area contributed by atoms with Crippen molar-refractivity contribution in [3.8, 4) is 11.5 Å². The maximum Gasteiger partial charge on any atom is 0.208 e. The van der Waals surface area contributed by atoms with Gasteiger partial charge >= 0.3 is 0 Å². The molecule has 0 amide bonds. The van der Waals surface area contributed by atoms with Gasteiger partial charge in [-0.2, -0.15) is 0 Å². The van der Waals surface area contributed by atoms with E-state index < -0.39 is 0 Å². The number of anilines is 1. The molecule has 0 bridgehead atoms. The van der Waals surface area contributed by atoms with Crippen LogP contribution in [0.1, 0.15) is 0 Å². The summed E-state index contributed by atoms with van der Waals surface area (Å²) in [6.07, 6.45) is 1.32. The summed E-state index contributed by atoms with van der Waals surface area (Å²) in [5.74, 6) is 5.87. The van der Waals surface area contributed by atoms with E-state index in [-0.39, 0.29) is 11.5 Å². The lowest BCUT2D eigenvalue weighted by Gasteiger charge is -1.92. The van der Waals surface area contributed by atoms with Gasteiger partial charge in [-0.15, -0.1) is 10.2 Å². The molecule has 0 radical (unpaired) electrons. The Morgan fingerprint density at radius 1 is 1.42 bits per heavy atom. The highest BCUT2D eigenvalue weighted by Gasteiger charge is 2.14. The Hall–Kier alpha value is -2.12. The van der Waals surface area contributed by atoms with Gasteiger partial charge in [0.15, 0.2) is 11.5 Å². The summed E-state index contributed by atoms with van der Waals surface area (Å²) in [6, 6.07) is 0. The number of hydrogen-bond donors (Lipinski definition) is 2. The molecule has 8 heteroatoms. The van der Waals surface area contributed by atoms with Crippen molar-refractivity contribution in [2.75, 3.05) is 11.6 Å². The number of aromatic nitrogens is 5. The van der Waals surface area contributed by atoms with E-state index in [4.69, 9.17) is 11.6 Å². The van der Waals surface area contributed by atoms with Crippen LogP contribution in [0.2, 0.25) is 0 Å². The second kappa shape index (κ2) is 2.19. The Morgan fingerprint density at radius 3 is 2.75 bits per heavy atom. The summed E-state index contributed by atoms with van der Waals surface area (Å²) in [5.41, 5.74) is 5.68. The minimum Gasteiger partial charge on any atom is -0.379 e. The van der Waals surface area contributed by atoms with Crippen LogP contribution in [0.25, 0.3) is 11.5 Å². The van der Waals surface area contributed by atoms with Crippen molar-refractivity contribution in [2.45, 2.75) is 0 Å². The summed E-state index contributed by atoms with van der Waals surface area (Å²) in [7, 11) is 0. The van der Waals surface area contributed by atoms with E-state index in [1.165, 1.54) is 11.0 Å². The quantitative estimate of drug-likeness (QED) is 0.502. The predicted octanol–water partition coefficient (Wildman–Crippen LogP) is -1.38. The lowest BCUT2D eigenvalue weighted by molar-refractivity contribution is 0.310. The van der Waals surface area contributed by atoms with Crippen molar-refractivity contribution < 1.29 is 4.63 Å². The Labute approximate surface area is 66.1 Å². The molecule has 0 aliphatic rings. The van der Waals surface area contributed by atoms with Crippen molar-refractivity contribution in [1.29, 1.82) is 0 Å². The van der Waals surface area contributed by atoms with E-state index in [0.29, 0.717) is 5.82 Å². The Bertz CT molecular complexity index is 351. The zero-order valence-corrected chi connectivity index (χ0v) is 5.88. The van der Waals surface area contributed by atoms with Crippen LogP contribution in [0.3, 0.4) is 0 Å². The summed E-state index contributed by atoms with van der Waals surface area (Å²) in [6.45, 7) is 0. The van der Waals surface area contributed by atoms with Gasteiger partial charge in [-0.05, 0) is 10.3 Å². The fourth-order valence-electron chi connectivity index (χ4n) is 0.763. The van der Waals surface area contributed by atoms with Gasteiger partial charge in [0, 0.05) is 0 Å². The molecule has 0 saturated carbocycles. The van der Waals surface area contributed by atoms with E-state index >= 15 is 0 Å². The summed E-state index contributed by atoms with van der Waals surface area (Å²) in [4.78, 5) is 0. The maximum absolute atomic E-state index is 5.43. The highest BCUT2D eigenvalue weighted by atomic mass is 16.6. The number of nitrogens with two attached hydrogens (primary N) is 2. The van der Waals surface area contributed by atoms with E-state index in [9.17, 15) is 0 Å². The van der Waals surface area contributed by atoms with E-state index in [1.807, 2.05) is 0 Å². The minimum absolute atomic E-state index is 0.134. The van der Waals surface area contributed by atoms with E-state index in [2.05, 4.69) is 25.1 Å². The summed E-state index contributed by atoms with van der Waals surface area (Å²) < 4.78 is 5.54. The highest BCUT2D eigenvalue weighted by Crippen LogP contribution is 2.16. The molecule has 4 N–H and O–H groups in total. The predicted molar refractivity (Wildman–Crippen MR) is 37.9 cm³/mol. The molecule has 12 heavy (non-hydrogen) atoms. The van der Waals surface area contributed by atoms with Crippen molar-refractivity contribution in [3.63, 3.8) is 0 Å². The molecule has 2 heterocycles. The van der Waals surface area contributed by atoms with Crippen LogP contribution in [-0.4, -0.2) is 25.2 Å². The molecule has 8 nitrogen and oxygen atoms in total. The van der Waals surface area contributed by atoms with Crippen LogP contribution in [0.15, 0.2) is 11.0 Å². The fraction of sp³-hybridized carbons (Fsp3) is 0. The topological polar surface area (TPSA) is 122 Å². The zero-order chi connectivity index (χ0) is 8.55. The smallest absolute Gasteiger partial charge is 0.208 e. The highest BCUT2D eigenvalue weighted by molar-refractivity contribution is 5.61. The van der Waals surface area contributed by atoms with Gasteiger partial charge in [-0.3, -0.25) is 0 Å². The van der Waals surface area contributed by atoms with Crippen LogP contribution >= 0.6 is 0 Å². The molecule has 0 spiro atoms. The molecule has 2 aromatic rings. The SMILES string of the molecule is Nc1nonc1-c1nncn1N. The van der Waals surface area contributed by atoms with E-state index in [0.717, 1.165) is 0 Å². The molecule has 0 aliphatic heterocycles. The molecule has 0 fully saturated rings. The first kappa shape index (κ1) is 6.58.